The third-order valence-corrected chi connectivity index (χ3v) is 4.04. The van der Waals surface area contributed by atoms with Gasteiger partial charge in [0, 0.05) is 19.1 Å². The Balaban J connectivity index is 2.26. The summed E-state index contributed by atoms with van der Waals surface area (Å²) in [7, 11) is -3.43. The Morgan fingerprint density at radius 3 is 2.93 bits per heavy atom. The maximum Gasteiger partial charge on any atom is 0.247 e. The molecule has 1 atom stereocenters. The molecule has 6 nitrogen and oxygen atoms in total. The topological polar surface area (TPSA) is 89.4 Å². The van der Waals surface area contributed by atoms with Gasteiger partial charge in [-0.25, -0.2) is 8.42 Å². The summed E-state index contributed by atoms with van der Waals surface area (Å²) in [4.78, 5) is 0.0894. The van der Waals surface area contributed by atoms with Crippen LogP contribution in [0.3, 0.4) is 0 Å². The Bertz CT molecular complexity index is 400. The summed E-state index contributed by atoms with van der Waals surface area (Å²) < 4.78 is 29.5. The SMILES string of the molecule is N[C@H]1CCN(S(=O)(=O)c2cnoc2)C1. The van der Waals surface area contributed by atoms with Gasteiger partial charge in [0.1, 0.15) is 11.2 Å². The number of sulfonamides is 1. The molecule has 0 radical (unpaired) electrons. The van der Waals surface area contributed by atoms with Gasteiger partial charge in [-0.2, -0.15) is 4.31 Å². The molecular weight excluding hydrogens is 206 g/mol. The van der Waals surface area contributed by atoms with E-state index in [1.807, 2.05) is 0 Å². The van der Waals surface area contributed by atoms with Crippen LogP contribution in [0.15, 0.2) is 21.9 Å². The molecule has 0 aliphatic carbocycles. The van der Waals surface area contributed by atoms with E-state index in [-0.39, 0.29) is 10.9 Å². The third-order valence-electron chi connectivity index (χ3n) is 2.23. The normalized spacial score (nSPS) is 24.2. The van der Waals surface area contributed by atoms with Crippen molar-refractivity contribution in [2.75, 3.05) is 13.1 Å². The van der Waals surface area contributed by atoms with Gasteiger partial charge in [0.15, 0.2) is 0 Å². The summed E-state index contributed by atoms with van der Waals surface area (Å²) in [5.74, 6) is 0. The zero-order valence-corrected chi connectivity index (χ0v) is 8.27. The van der Waals surface area contributed by atoms with Crippen molar-refractivity contribution in [3.8, 4) is 0 Å². The Labute approximate surface area is 81.7 Å². The quantitative estimate of drug-likeness (QED) is 0.714. The van der Waals surface area contributed by atoms with Crippen LogP contribution < -0.4 is 5.73 Å². The highest BCUT2D eigenvalue weighted by molar-refractivity contribution is 7.89. The first-order valence-corrected chi connectivity index (χ1v) is 5.70. The monoisotopic (exact) mass is 217 g/mol. The first kappa shape index (κ1) is 9.63. The van der Waals surface area contributed by atoms with Gasteiger partial charge >= 0.3 is 0 Å². The van der Waals surface area contributed by atoms with E-state index in [1.165, 1.54) is 10.5 Å². The molecule has 14 heavy (non-hydrogen) atoms. The molecule has 1 aromatic heterocycles. The largest absolute Gasteiger partial charge is 0.363 e. The van der Waals surface area contributed by atoms with Gasteiger partial charge in [-0.15, -0.1) is 0 Å². The van der Waals surface area contributed by atoms with E-state index in [2.05, 4.69) is 9.68 Å². The van der Waals surface area contributed by atoms with Gasteiger partial charge in [-0.3, -0.25) is 0 Å². The van der Waals surface area contributed by atoms with Crippen LogP contribution in [0.2, 0.25) is 0 Å². The standard InChI is InChI=1S/C7H11N3O3S/c8-6-1-2-10(4-6)14(11,12)7-3-9-13-5-7/h3,5-6H,1-2,4,8H2/t6-/m0/s1. The molecule has 1 aliphatic rings. The predicted octanol–water partition coefficient (Wildman–Crippen LogP) is -0.604. The number of hydrogen-bond acceptors (Lipinski definition) is 5. The van der Waals surface area contributed by atoms with E-state index in [0.29, 0.717) is 19.5 Å². The molecule has 1 aromatic rings. The maximum atomic E-state index is 11.8. The number of nitrogens with two attached hydrogens (primary N) is 1. The minimum atomic E-state index is -3.43. The number of aromatic nitrogens is 1. The molecule has 0 spiro atoms. The minimum Gasteiger partial charge on any atom is -0.363 e. The van der Waals surface area contributed by atoms with E-state index < -0.39 is 10.0 Å². The Morgan fingerprint density at radius 2 is 2.43 bits per heavy atom. The highest BCUT2D eigenvalue weighted by Crippen LogP contribution is 2.19. The lowest BCUT2D eigenvalue weighted by Crippen LogP contribution is -2.31. The van der Waals surface area contributed by atoms with Crippen LogP contribution in [-0.2, 0) is 10.0 Å². The fourth-order valence-electron chi connectivity index (χ4n) is 1.44. The molecule has 2 rings (SSSR count). The van der Waals surface area contributed by atoms with Crippen LogP contribution in [0.25, 0.3) is 0 Å². The van der Waals surface area contributed by atoms with Crippen LogP contribution in [0.5, 0.6) is 0 Å². The molecule has 0 amide bonds. The van der Waals surface area contributed by atoms with Crippen LogP contribution in [-0.4, -0.2) is 37.0 Å². The van der Waals surface area contributed by atoms with Crippen LogP contribution in [0.4, 0.5) is 0 Å². The summed E-state index contributed by atoms with van der Waals surface area (Å²) in [6.45, 7) is 0.836. The molecule has 0 unspecified atom stereocenters. The molecule has 1 fully saturated rings. The third kappa shape index (κ3) is 1.54. The number of hydrogen-bond donors (Lipinski definition) is 1. The van der Waals surface area contributed by atoms with Crippen molar-refractivity contribution in [2.45, 2.75) is 17.4 Å². The van der Waals surface area contributed by atoms with Crippen molar-refractivity contribution in [2.24, 2.45) is 5.73 Å². The molecular formula is C7H11N3O3S. The van der Waals surface area contributed by atoms with Crippen molar-refractivity contribution in [3.63, 3.8) is 0 Å². The second-order valence-electron chi connectivity index (χ2n) is 3.27. The van der Waals surface area contributed by atoms with Crippen molar-refractivity contribution in [1.82, 2.24) is 9.46 Å². The van der Waals surface area contributed by atoms with Crippen LogP contribution in [0.1, 0.15) is 6.42 Å². The van der Waals surface area contributed by atoms with Gasteiger partial charge in [-0.1, -0.05) is 5.16 Å². The molecule has 2 N–H and O–H groups in total. The van der Waals surface area contributed by atoms with Gasteiger partial charge in [0.2, 0.25) is 10.0 Å². The lowest BCUT2D eigenvalue weighted by molar-refractivity contribution is 0.416. The first-order valence-electron chi connectivity index (χ1n) is 4.26. The smallest absolute Gasteiger partial charge is 0.247 e. The van der Waals surface area contributed by atoms with E-state index in [1.54, 1.807) is 0 Å². The molecule has 1 aliphatic heterocycles. The van der Waals surface area contributed by atoms with Crippen LogP contribution >= 0.6 is 0 Å². The second kappa shape index (κ2) is 3.34. The molecule has 1 saturated heterocycles. The highest BCUT2D eigenvalue weighted by Gasteiger charge is 2.31. The van der Waals surface area contributed by atoms with E-state index in [0.717, 1.165) is 6.26 Å². The average Bonchev–Trinajstić information content (AvgIpc) is 2.72. The highest BCUT2D eigenvalue weighted by atomic mass is 32.2. The molecule has 0 bridgehead atoms. The van der Waals surface area contributed by atoms with Gasteiger partial charge < -0.3 is 10.3 Å². The second-order valence-corrected chi connectivity index (χ2v) is 5.21. The van der Waals surface area contributed by atoms with Crippen molar-refractivity contribution in [1.29, 1.82) is 0 Å². The zero-order valence-electron chi connectivity index (χ0n) is 7.46. The maximum absolute atomic E-state index is 11.8. The summed E-state index contributed by atoms with van der Waals surface area (Å²) in [6.07, 6.45) is 3.02. The summed E-state index contributed by atoms with van der Waals surface area (Å²) in [5.41, 5.74) is 5.63. The average molecular weight is 217 g/mol. The number of nitrogens with zero attached hydrogens (tertiary/aromatic N) is 2. The molecule has 78 valence electrons. The van der Waals surface area contributed by atoms with Crippen LogP contribution in [0, 0.1) is 0 Å². The van der Waals surface area contributed by atoms with E-state index in [4.69, 9.17) is 5.73 Å². The fraction of sp³-hybridized carbons (Fsp3) is 0.571. The first-order chi connectivity index (χ1) is 6.60. The van der Waals surface area contributed by atoms with Crippen molar-refractivity contribution >= 4 is 10.0 Å². The Hall–Kier alpha value is -0.920. The molecule has 0 aromatic carbocycles. The Morgan fingerprint density at radius 1 is 1.64 bits per heavy atom. The fourth-order valence-corrected chi connectivity index (χ4v) is 2.82. The van der Waals surface area contributed by atoms with Crippen molar-refractivity contribution in [3.05, 3.63) is 12.5 Å². The molecule has 7 heteroatoms. The summed E-state index contributed by atoms with van der Waals surface area (Å²) in [5, 5.41) is 3.37. The lowest BCUT2D eigenvalue weighted by atomic mass is 10.3. The summed E-state index contributed by atoms with van der Waals surface area (Å²) >= 11 is 0. The van der Waals surface area contributed by atoms with Gasteiger partial charge in [-0.05, 0) is 6.42 Å². The summed E-state index contributed by atoms with van der Waals surface area (Å²) in [6, 6.07) is -0.0652. The molecule has 0 saturated carbocycles. The zero-order chi connectivity index (χ0) is 10.2. The predicted molar refractivity (Wildman–Crippen MR) is 47.9 cm³/mol. The van der Waals surface area contributed by atoms with Gasteiger partial charge in [0.05, 0.1) is 6.20 Å². The lowest BCUT2D eigenvalue weighted by Gasteiger charge is -2.13. The van der Waals surface area contributed by atoms with Gasteiger partial charge in [0.25, 0.3) is 0 Å². The van der Waals surface area contributed by atoms with Crippen molar-refractivity contribution < 1.29 is 12.9 Å². The Kier molecular flexibility index (Phi) is 2.30. The number of rotatable bonds is 2. The molecule has 2 heterocycles. The van der Waals surface area contributed by atoms with E-state index in [9.17, 15) is 8.42 Å². The van der Waals surface area contributed by atoms with E-state index >= 15 is 0 Å². The minimum absolute atomic E-state index is 0.0652.